The van der Waals surface area contributed by atoms with E-state index in [2.05, 4.69) is 118 Å². The van der Waals surface area contributed by atoms with Crippen LogP contribution < -0.4 is 14.7 Å². The molecule has 3 heteroatoms. The number of benzene rings is 3. The van der Waals surface area contributed by atoms with Crippen molar-refractivity contribution < 1.29 is 0 Å². The molecule has 2 aliphatic heterocycles. The Morgan fingerprint density at radius 3 is 2.06 bits per heavy atom. The van der Waals surface area contributed by atoms with Gasteiger partial charge in [-0.15, -0.1) is 0 Å². The molecule has 0 aromatic heterocycles. The zero-order valence-electron chi connectivity index (χ0n) is 21.7. The molecule has 1 aliphatic carbocycles. The summed E-state index contributed by atoms with van der Waals surface area (Å²) in [5.74, 6) is 0.546. The second kappa shape index (κ2) is 7.04. The predicted molar refractivity (Wildman–Crippen MR) is 146 cm³/mol. The average molecular weight is 452 g/mol. The Balaban J connectivity index is 1.53. The quantitative estimate of drug-likeness (QED) is 0.387. The number of hydrogen-bond acceptors (Lipinski definition) is 3. The largest absolute Gasteiger partial charge is 0.341 e. The minimum atomic E-state index is 0.158. The second-order valence-corrected chi connectivity index (χ2v) is 12.1. The molecule has 0 bridgehead atoms. The van der Waals surface area contributed by atoms with Gasteiger partial charge in [0.1, 0.15) is 6.67 Å². The van der Waals surface area contributed by atoms with E-state index in [1.165, 1.54) is 58.1 Å². The van der Waals surface area contributed by atoms with Crippen molar-refractivity contribution in [1.29, 1.82) is 0 Å². The van der Waals surface area contributed by atoms with Crippen LogP contribution in [0.5, 0.6) is 0 Å². The molecule has 0 spiro atoms. The number of hydrogen-bond donors (Lipinski definition) is 0. The van der Waals surface area contributed by atoms with Gasteiger partial charge in [0, 0.05) is 12.7 Å². The standard InChI is InChI=1S/C31H37N3/c1-20(2)21-11-13-22(14-12-21)33-19-34-26-16-15-23-27(31(5,6)18-17-30(23,3)4)29(26)32(7)24-9-8-10-25(33)28(24)34/h8-16,20H,17-19H2,1-7H3. The van der Waals surface area contributed by atoms with Gasteiger partial charge in [-0.1, -0.05) is 65.8 Å². The van der Waals surface area contributed by atoms with E-state index >= 15 is 0 Å². The van der Waals surface area contributed by atoms with Crippen LogP contribution in [-0.4, -0.2) is 13.7 Å². The minimum absolute atomic E-state index is 0.158. The maximum absolute atomic E-state index is 2.55. The molecule has 176 valence electrons. The Morgan fingerprint density at radius 1 is 0.706 bits per heavy atom. The summed E-state index contributed by atoms with van der Waals surface area (Å²) in [6.45, 7) is 15.1. The molecule has 0 amide bonds. The lowest BCUT2D eigenvalue weighted by atomic mass is 9.62. The van der Waals surface area contributed by atoms with E-state index in [0.717, 1.165) is 6.67 Å². The van der Waals surface area contributed by atoms with Crippen LogP contribution in [0.15, 0.2) is 54.6 Å². The van der Waals surface area contributed by atoms with Crippen molar-refractivity contribution in [3.05, 3.63) is 71.3 Å². The van der Waals surface area contributed by atoms with Gasteiger partial charge in [-0.25, -0.2) is 0 Å². The maximum Gasteiger partial charge on any atom is 0.100 e. The molecule has 3 aromatic rings. The van der Waals surface area contributed by atoms with Crippen molar-refractivity contribution in [2.45, 2.75) is 71.1 Å². The van der Waals surface area contributed by atoms with Crippen molar-refractivity contribution in [2.75, 3.05) is 28.4 Å². The second-order valence-electron chi connectivity index (χ2n) is 12.1. The third-order valence-corrected chi connectivity index (χ3v) is 8.63. The number of para-hydroxylation sites is 1. The third kappa shape index (κ3) is 2.88. The summed E-state index contributed by atoms with van der Waals surface area (Å²) in [4.78, 5) is 7.49. The van der Waals surface area contributed by atoms with Crippen molar-refractivity contribution in [3.63, 3.8) is 0 Å². The fraction of sp³-hybridized carbons (Fsp3) is 0.419. The number of nitrogens with zero attached hydrogens (tertiary/aromatic N) is 3. The molecule has 6 rings (SSSR count). The van der Waals surface area contributed by atoms with Crippen LogP contribution in [-0.2, 0) is 10.8 Å². The number of anilines is 6. The van der Waals surface area contributed by atoms with E-state index in [9.17, 15) is 0 Å². The molecule has 3 aromatic carbocycles. The van der Waals surface area contributed by atoms with Gasteiger partial charge in [0.2, 0.25) is 0 Å². The lowest BCUT2D eigenvalue weighted by Gasteiger charge is -2.47. The summed E-state index contributed by atoms with van der Waals surface area (Å²) in [5, 5.41) is 0. The first-order valence-corrected chi connectivity index (χ1v) is 12.8. The highest BCUT2D eigenvalue weighted by Gasteiger charge is 2.44. The first-order chi connectivity index (χ1) is 16.1. The maximum atomic E-state index is 2.55. The van der Waals surface area contributed by atoms with Crippen molar-refractivity contribution in [2.24, 2.45) is 0 Å². The molecule has 0 N–H and O–H groups in total. The van der Waals surface area contributed by atoms with E-state index in [0.29, 0.717) is 5.92 Å². The van der Waals surface area contributed by atoms with Crippen LogP contribution in [0, 0.1) is 0 Å². The molecular weight excluding hydrogens is 414 g/mol. The molecule has 0 radical (unpaired) electrons. The van der Waals surface area contributed by atoms with E-state index in [-0.39, 0.29) is 10.8 Å². The molecular formula is C31H37N3. The lowest BCUT2D eigenvalue weighted by Crippen LogP contribution is -2.37. The summed E-state index contributed by atoms with van der Waals surface area (Å²) >= 11 is 0. The first-order valence-electron chi connectivity index (χ1n) is 12.8. The van der Waals surface area contributed by atoms with E-state index in [4.69, 9.17) is 0 Å². The Morgan fingerprint density at radius 2 is 1.35 bits per heavy atom. The van der Waals surface area contributed by atoms with E-state index < -0.39 is 0 Å². The fourth-order valence-electron chi connectivity index (χ4n) is 6.42. The molecule has 0 fully saturated rings. The van der Waals surface area contributed by atoms with Crippen LogP contribution in [0.2, 0.25) is 0 Å². The Bertz CT molecular complexity index is 1280. The summed E-state index contributed by atoms with van der Waals surface area (Å²) in [6.07, 6.45) is 2.46. The molecule has 0 saturated heterocycles. The summed E-state index contributed by atoms with van der Waals surface area (Å²) in [6, 6.07) is 20.8. The van der Waals surface area contributed by atoms with Crippen molar-refractivity contribution >= 4 is 34.1 Å². The summed E-state index contributed by atoms with van der Waals surface area (Å²) < 4.78 is 0. The number of fused-ring (bicyclic) bond motifs is 4. The zero-order chi connectivity index (χ0) is 24.0. The smallest absolute Gasteiger partial charge is 0.100 e. The first kappa shape index (κ1) is 21.6. The van der Waals surface area contributed by atoms with Crippen molar-refractivity contribution in [1.82, 2.24) is 0 Å². The molecule has 0 unspecified atom stereocenters. The van der Waals surface area contributed by atoms with E-state index in [1.54, 1.807) is 5.56 Å². The highest BCUT2D eigenvalue weighted by Crippen LogP contribution is 2.60. The topological polar surface area (TPSA) is 9.72 Å². The van der Waals surface area contributed by atoms with Crippen LogP contribution in [0.3, 0.4) is 0 Å². The van der Waals surface area contributed by atoms with Gasteiger partial charge in [0.25, 0.3) is 0 Å². The molecule has 0 saturated carbocycles. The molecule has 34 heavy (non-hydrogen) atoms. The Labute approximate surface area is 205 Å². The van der Waals surface area contributed by atoms with E-state index in [1.807, 2.05) is 0 Å². The summed E-state index contributed by atoms with van der Waals surface area (Å²) in [5.41, 5.74) is 12.8. The molecule has 3 nitrogen and oxygen atoms in total. The number of rotatable bonds is 2. The summed E-state index contributed by atoms with van der Waals surface area (Å²) in [7, 11) is 2.27. The molecule has 3 aliphatic rings. The van der Waals surface area contributed by atoms with Gasteiger partial charge in [-0.2, -0.15) is 0 Å². The van der Waals surface area contributed by atoms with Gasteiger partial charge >= 0.3 is 0 Å². The Kier molecular flexibility index (Phi) is 4.47. The van der Waals surface area contributed by atoms with Gasteiger partial charge in [0.15, 0.2) is 0 Å². The predicted octanol–water partition coefficient (Wildman–Crippen LogP) is 8.49. The van der Waals surface area contributed by atoms with Gasteiger partial charge in [-0.05, 0) is 76.6 Å². The fourth-order valence-corrected chi connectivity index (χ4v) is 6.42. The highest BCUT2D eigenvalue weighted by atomic mass is 15.4. The molecule has 0 atom stereocenters. The minimum Gasteiger partial charge on any atom is -0.341 e. The van der Waals surface area contributed by atoms with Crippen LogP contribution in [0.4, 0.5) is 34.1 Å². The van der Waals surface area contributed by atoms with Gasteiger partial charge < -0.3 is 14.7 Å². The lowest BCUT2D eigenvalue weighted by molar-refractivity contribution is 0.332. The SMILES string of the molecule is CC(C)c1ccc(N2CN3c4ccc5c(c4N(C)c4cccc2c43)C(C)(C)CCC5(C)C)cc1. The van der Waals surface area contributed by atoms with Crippen LogP contribution in [0.1, 0.15) is 77.0 Å². The van der Waals surface area contributed by atoms with Crippen molar-refractivity contribution in [3.8, 4) is 0 Å². The van der Waals surface area contributed by atoms with Gasteiger partial charge in [0.05, 0.1) is 28.4 Å². The molecule has 2 heterocycles. The average Bonchev–Trinajstić information content (AvgIpc) is 3.20. The zero-order valence-corrected chi connectivity index (χ0v) is 21.7. The van der Waals surface area contributed by atoms with Gasteiger partial charge in [-0.3, -0.25) is 0 Å². The third-order valence-electron chi connectivity index (χ3n) is 8.63. The van der Waals surface area contributed by atoms with Crippen LogP contribution >= 0.6 is 0 Å². The monoisotopic (exact) mass is 451 g/mol. The Hall–Kier alpha value is -2.94. The van der Waals surface area contributed by atoms with Crippen LogP contribution in [0.25, 0.3) is 0 Å². The normalized spacial score (nSPS) is 19.2. The highest BCUT2D eigenvalue weighted by molar-refractivity contribution is 6.04.